The van der Waals surface area contributed by atoms with E-state index in [9.17, 15) is 4.79 Å². The summed E-state index contributed by atoms with van der Waals surface area (Å²) < 4.78 is 0. The summed E-state index contributed by atoms with van der Waals surface area (Å²) in [6.07, 6.45) is 1.61. The highest BCUT2D eigenvalue weighted by atomic mass is 32.1. The van der Waals surface area contributed by atoms with Gasteiger partial charge in [0, 0.05) is 40.9 Å². The van der Waals surface area contributed by atoms with Gasteiger partial charge < -0.3 is 21.3 Å². The molecule has 4 N–H and O–H groups in total. The van der Waals surface area contributed by atoms with Crippen LogP contribution in [0.25, 0.3) is 21.8 Å². The second-order valence-corrected chi connectivity index (χ2v) is 9.91. The second-order valence-electron chi connectivity index (χ2n) is 9.05. The lowest BCUT2D eigenvalue weighted by molar-refractivity contribution is -0.112. The van der Waals surface area contributed by atoms with Crippen molar-refractivity contribution in [3.8, 4) is 21.8 Å². The number of likely N-dealkylation sites (N-methyl/N-ethyl adjacent to an activating group) is 1. The Labute approximate surface area is 233 Å². The predicted molar refractivity (Wildman–Crippen MR) is 163 cm³/mol. The number of thiazole rings is 1. The van der Waals surface area contributed by atoms with Crippen molar-refractivity contribution in [1.82, 2.24) is 15.2 Å². The normalized spacial score (nSPS) is 11.9. The molecule has 1 heterocycles. The van der Waals surface area contributed by atoms with E-state index in [4.69, 9.17) is 10.7 Å². The van der Waals surface area contributed by atoms with Crippen molar-refractivity contribution in [2.45, 2.75) is 0 Å². The molecule has 0 radical (unpaired) electrons. The number of nitrogens with zero attached hydrogens (tertiary/aromatic N) is 3. The number of allylic oxidation sites excluding steroid dienone is 1. The molecule has 1 aromatic heterocycles. The van der Waals surface area contributed by atoms with Gasteiger partial charge in [0.05, 0.1) is 11.4 Å². The van der Waals surface area contributed by atoms with Gasteiger partial charge in [0.25, 0.3) is 5.91 Å². The summed E-state index contributed by atoms with van der Waals surface area (Å²) in [5.74, 6) is -0.172. The maximum absolute atomic E-state index is 13.6. The van der Waals surface area contributed by atoms with Gasteiger partial charge in [0.15, 0.2) is 0 Å². The molecule has 7 nitrogen and oxygen atoms in total. The van der Waals surface area contributed by atoms with E-state index in [1.165, 1.54) is 0 Å². The summed E-state index contributed by atoms with van der Waals surface area (Å²) in [7, 11) is 3.99. The van der Waals surface area contributed by atoms with E-state index in [0.717, 1.165) is 33.9 Å². The maximum Gasteiger partial charge on any atom is 0.274 e. The van der Waals surface area contributed by atoms with Crippen molar-refractivity contribution in [3.63, 3.8) is 0 Å². The van der Waals surface area contributed by atoms with Crippen LogP contribution in [0.4, 0.5) is 5.69 Å². The van der Waals surface area contributed by atoms with E-state index in [1.54, 1.807) is 17.4 Å². The summed E-state index contributed by atoms with van der Waals surface area (Å²) in [4.78, 5) is 24.9. The summed E-state index contributed by atoms with van der Waals surface area (Å²) in [6, 6.07) is 26.9. The molecule has 3 aromatic carbocycles. The molecular formula is C31H32N6OS. The van der Waals surface area contributed by atoms with Crippen LogP contribution < -0.4 is 16.4 Å². The topological polar surface area (TPSA) is 95.6 Å². The van der Waals surface area contributed by atoms with Crippen molar-refractivity contribution in [3.05, 3.63) is 120 Å². The van der Waals surface area contributed by atoms with Crippen LogP contribution in [-0.2, 0) is 4.79 Å². The molecule has 0 unspecified atom stereocenters. The van der Waals surface area contributed by atoms with Crippen molar-refractivity contribution in [2.24, 2.45) is 10.7 Å². The number of nitrogens with one attached hydrogen (secondary N) is 2. The standard InChI is InChI=1S/C31H32N6OS/c1-22(33-18-19-37(2)3)20-27(34-29(32)23-12-6-4-7-13-23)30(38)35-26-17-11-10-16-25(26)28-21-39-31(36-28)24-14-8-5-9-15-24/h4-17,20-21,33H,1,18-19H2,2-3H3,(H2,32,34)(H,35,38)/b27-20-. The molecule has 0 fully saturated rings. The van der Waals surface area contributed by atoms with Crippen LogP contribution >= 0.6 is 11.3 Å². The number of hydrogen-bond donors (Lipinski definition) is 3. The van der Waals surface area contributed by atoms with Crippen LogP contribution in [0.1, 0.15) is 5.56 Å². The predicted octanol–water partition coefficient (Wildman–Crippen LogP) is 5.37. The number of nitrogens with two attached hydrogens (primary N) is 1. The number of benzene rings is 3. The van der Waals surface area contributed by atoms with Crippen LogP contribution in [0.15, 0.2) is 119 Å². The molecule has 8 heteroatoms. The number of aliphatic imine (C=N–C) groups is 1. The Kier molecular flexibility index (Phi) is 9.39. The lowest BCUT2D eigenvalue weighted by Crippen LogP contribution is -2.26. The Hall–Kier alpha value is -4.53. The average molecular weight is 537 g/mol. The first-order valence-corrected chi connectivity index (χ1v) is 13.4. The summed E-state index contributed by atoms with van der Waals surface area (Å²) in [6.45, 7) is 5.54. The Balaban J connectivity index is 1.61. The van der Waals surface area contributed by atoms with E-state index in [1.807, 2.05) is 104 Å². The van der Waals surface area contributed by atoms with Crippen LogP contribution in [0.3, 0.4) is 0 Å². The van der Waals surface area contributed by atoms with E-state index >= 15 is 0 Å². The van der Waals surface area contributed by atoms with Crippen molar-refractivity contribution in [1.29, 1.82) is 0 Å². The zero-order valence-corrected chi connectivity index (χ0v) is 22.9. The molecule has 4 rings (SSSR count). The number of anilines is 1. The van der Waals surface area contributed by atoms with Gasteiger partial charge in [0.2, 0.25) is 0 Å². The van der Waals surface area contributed by atoms with Crippen LogP contribution in [0.5, 0.6) is 0 Å². The molecule has 39 heavy (non-hydrogen) atoms. The van der Waals surface area contributed by atoms with Crippen molar-refractivity contribution < 1.29 is 4.79 Å². The minimum Gasteiger partial charge on any atom is -0.384 e. The number of rotatable bonds is 11. The quantitative estimate of drug-likeness (QED) is 0.104. The number of carbonyl (C=O) groups excluding carboxylic acids is 1. The van der Waals surface area contributed by atoms with E-state index in [2.05, 4.69) is 27.1 Å². The molecule has 1 amide bonds. The van der Waals surface area contributed by atoms with E-state index in [0.29, 0.717) is 17.9 Å². The Morgan fingerprint density at radius 1 is 1.03 bits per heavy atom. The molecule has 0 bridgehead atoms. The summed E-state index contributed by atoms with van der Waals surface area (Å²) >= 11 is 1.56. The van der Waals surface area contributed by atoms with Gasteiger partial charge in [-0.25, -0.2) is 9.98 Å². The van der Waals surface area contributed by atoms with Gasteiger partial charge in [0.1, 0.15) is 16.5 Å². The van der Waals surface area contributed by atoms with Crippen molar-refractivity contribution in [2.75, 3.05) is 32.5 Å². The monoisotopic (exact) mass is 536 g/mol. The third-order valence-corrected chi connectivity index (χ3v) is 6.63. The minimum absolute atomic E-state index is 0.136. The first kappa shape index (κ1) is 27.5. The Morgan fingerprint density at radius 3 is 2.41 bits per heavy atom. The minimum atomic E-state index is -0.407. The number of carbonyl (C=O) groups is 1. The molecule has 0 aliphatic carbocycles. The largest absolute Gasteiger partial charge is 0.384 e. The maximum atomic E-state index is 13.6. The van der Waals surface area contributed by atoms with E-state index < -0.39 is 5.91 Å². The Bertz CT molecular complexity index is 1480. The van der Waals surface area contributed by atoms with Gasteiger partial charge in [-0.1, -0.05) is 85.4 Å². The first-order valence-electron chi connectivity index (χ1n) is 12.5. The molecule has 0 spiro atoms. The summed E-state index contributed by atoms with van der Waals surface area (Å²) in [5.41, 5.74) is 11.0. The number of amidine groups is 1. The third kappa shape index (κ3) is 7.73. The van der Waals surface area contributed by atoms with Crippen LogP contribution in [0.2, 0.25) is 0 Å². The van der Waals surface area contributed by atoms with Gasteiger partial charge in [-0.2, -0.15) is 0 Å². The Morgan fingerprint density at radius 2 is 1.69 bits per heavy atom. The van der Waals surface area contributed by atoms with Crippen LogP contribution in [-0.4, -0.2) is 48.8 Å². The first-order chi connectivity index (χ1) is 18.9. The van der Waals surface area contributed by atoms with Crippen molar-refractivity contribution >= 4 is 28.8 Å². The van der Waals surface area contributed by atoms with Gasteiger partial charge >= 0.3 is 0 Å². The number of para-hydroxylation sites is 1. The lowest BCUT2D eigenvalue weighted by atomic mass is 10.1. The smallest absolute Gasteiger partial charge is 0.274 e. The fourth-order valence-corrected chi connectivity index (χ4v) is 4.55. The van der Waals surface area contributed by atoms with Gasteiger partial charge in [-0.15, -0.1) is 11.3 Å². The number of amides is 1. The fourth-order valence-electron chi connectivity index (χ4n) is 3.72. The van der Waals surface area contributed by atoms with E-state index in [-0.39, 0.29) is 11.5 Å². The molecule has 0 atom stereocenters. The van der Waals surface area contributed by atoms with Gasteiger partial charge in [-0.3, -0.25) is 4.79 Å². The highest BCUT2D eigenvalue weighted by Crippen LogP contribution is 2.33. The van der Waals surface area contributed by atoms with Crippen LogP contribution in [0, 0.1) is 0 Å². The molecule has 0 saturated heterocycles. The highest BCUT2D eigenvalue weighted by Gasteiger charge is 2.16. The lowest BCUT2D eigenvalue weighted by Gasteiger charge is -2.13. The molecule has 198 valence electrons. The highest BCUT2D eigenvalue weighted by molar-refractivity contribution is 7.13. The molecular weight excluding hydrogens is 504 g/mol. The zero-order chi connectivity index (χ0) is 27.6. The molecule has 0 aliphatic rings. The molecule has 0 saturated carbocycles. The fraction of sp³-hybridized carbons (Fsp3) is 0.129. The molecule has 0 aliphatic heterocycles. The number of hydrogen-bond acceptors (Lipinski definition) is 6. The van der Waals surface area contributed by atoms with Gasteiger partial charge in [-0.05, 0) is 26.2 Å². The average Bonchev–Trinajstić information content (AvgIpc) is 3.44. The third-order valence-electron chi connectivity index (χ3n) is 5.74. The molecule has 4 aromatic rings. The SMILES string of the molecule is C=C(/C=C(\N=C(/N)c1ccccc1)C(=O)Nc1ccccc1-c1csc(-c2ccccc2)n1)NCCN(C)C. The zero-order valence-electron chi connectivity index (χ0n) is 22.1. The summed E-state index contributed by atoms with van der Waals surface area (Å²) in [5, 5.41) is 9.13. The number of aromatic nitrogens is 1. The second kappa shape index (κ2) is 13.3.